The second-order valence-electron chi connectivity index (χ2n) is 3.79. The maximum atomic E-state index is 8.63. The summed E-state index contributed by atoms with van der Waals surface area (Å²) in [7, 11) is 0. The Kier molecular flexibility index (Phi) is 4.85. The third-order valence-corrected chi connectivity index (χ3v) is 2.39. The summed E-state index contributed by atoms with van der Waals surface area (Å²) in [6.45, 7) is 5.11. The van der Waals surface area contributed by atoms with Crippen molar-refractivity contribution in [1.29, 1.82) is 5.26 Å². The molecule has 1 N–H and O–H groups in total. The molecule has 0 saturated heterocycles. The number of imidazole rings is 1. The van der Waals surface area contributed by atoms with E-state index in [2.05, 4.69) is 30.2 Å². The van der Waals surface area contributed by atoms with E-state index >= 15 is 0 Å². The Morgan fingerprint density at radius 2 is 2.40 bits per heavy atom. The lowest BCUT2D eigenvalue weighted by Gasteiger charge is -2.20. The van der Waals surface area contributed by atoms with E-state index in [0.29, 0.717) is 18.5 Å². The Morgan fingerprint density at radius 3 is 2.93 bits per heavy atom. The molecule has 15 heavy (non-hydrogen) atoms. The molecule has 0 aliphatic rings. The molecule has 0 bridgehead atoms. The molecular weight excluding hydrogens is 188 g/mol. The maximum absolute atomic E-state index is 8.63. The van der Waals surface area contributed by atoms with Crippen molar-refractivity contribution in [3.05, 3.63) is 18.7 Å². The molecule has 0 amide bonds. The predicted octanol–water partition coefficient (Wildman–Crippen LogP) is 1.55. The highest BCUT2D eigenvalue weighted by Crippen LogP contribution is 2.00. The van der Waals surface area contributed by atoms with Gasteiger partial charge in [0.1, 0.15) is 0 Å². The van der Waals surface area contributed by atoms with Crippen LogP contribution in [0.5, 0.6) is 0 Å². The van der Waals surface area contributed by atoms with Gasteiger partial charge in [-0.15, -0.1) is 0 Å². The molecule has 0 fully saturated rings. The fourth-order valence-corrected chi connectivity index (χ4v) is 1.60. The third-order valence-electron chi connectivity index (χ3n) is 2.39. The van der Waals surface area contributed by atoms with Crippen LogP contribution in [0.4, 0.5) is 0 Å². The van der Waals surface area contributed by atoms with Crippen LogP contribution in [0.2, 0.25) is 0 Å². The summed E-state index contributed by atoms with van der Waals surface area (Å²) in [4.78, 5) is 3.99. The quantitative estimate of drug-likeness (QED) is 0.768. The maximum Gasteiger partial charge on any atom is 0.0946 e. The third kappa shape index (κ3) is 4.13. The lowest BCUT2D eigenvalue weighted by molar-refractivity contribution is 0.402. The molecule has 4 nitrogen and oxygen atoms in total. The molecule has 0 aliphatic carbocycles. The standard InChI is InChI=1S/C11H18N4/c1-3-11(4-5-12)14-10(2)8-15-7-6-13-9-15/h6-7,9-11,14H,3-4,8H2,1-2H3. The van der Waals surface area contributed by atoms with Gasteiger partial charge in [0.05, 0.1) is 18.8 Å². The van der Waals surface area contributed by atoms with E-state index in [4.69, 9.17) is 5.26 Å². The molecule has 0 saturated carbocycles. The molecule has 0 spiro atoms. The molecule has 0 aromatic carbocycles. The van der Waals surface area contributed by atoms with Gasteiger partial charge in [0.25, 0.3) is 0 Å². The summed E-state index contributed by atoms with van der Waals surface area (Å²) in [6, 6.07) is 2.86. The van der Waals surface area contributed by atoms with Gasteiger partial charge in [-0.1, -0.05) is 6.92 Å². The molecule has 1 rings (SSSR count). The molecular formula is C11H18N4. The van der Waals surface area contributed by atoms with Crippen molar-refractivity contribution < 1.29 is 0 Å². The summed E-state index contributed by atoms with van der Waals surface area (Å²) < 4.78 is 2.04. The molecule has 82 valence electrons. The van der Waals surface area contributed by atoms with Gasteiger partial charge in [0.2, 0.25) is 0 Å². The summed E-state index contributed by atoms with van der Waals surface area (Å²) in [5.41, 5.74) is 0. The fourth-order valence-electron chi connectivity index (χ4n) is 1.60. The molecule has 1 aromatic rings. The van der Waals surface area contributed by atoms with Crippen LogP contribution in [0.25, 0.3) is 0 Å². The average Bonchev–Trinajstić information content (AvgIpc) is 2.69. The van der Waals surface area contributed by atoms with Gasteiger partial charge < -0.3 is 9.88 Å². The zero-order chi connectivity index (χ0) is 11.1. The number of hydrogen-bond acceptors (Lipinski definition) is 3. The second-order valence-corrected chi connectivity index (χ2v) is 3.79. The van der Waals surface area contributed by atoms with Crippen LogP contribution in [0.1, 0.15) is 26.7 Å². The minimum Gasteiger partial charge on any atom is -0.336 e. The average molecular weight is 206 g/mol. The SMILES string of the molecule is CCC(CC#N)NC(C)Cn1ccnc1. The molecule has 2 unspecified atom stereocenters. The van der Waals surface area contributed by atoms with E-state index in [1.165, 1.54) is 0 Å². The largest absolute Gasteiger partial charge is 0.336 e. The van der Waals surface area contributed by atoms with Crippen molar-refractivity contribution >= 4 is 0 Å². The molecule has 0 radical (unpaired) electrons. The zero-order valence-electron chi connectivity index (χ0n) is 9.35. The lowest BCUT2D eigenvalue weighted by atomic mass is 10.1. The van der Waals surface area contributed by atoms with Gasteiger partial charge in [0.15, 0.2) is 0 Å². The van der Waals surface area contributed by atoms with Gasteiger partial charge in [-0.25, -0.2) is 4.98 Å². The number of hydrogen-bond donors (Lipinski definition) is 1. The van der Waals surface area contributed by atoms with Crippen LogP contribution in [-0.4, -0.2) is 21.6 Å². The second kappa shape index (κ2) is 6.20. The highest BCUT2D eigenvalue weighted by molar-refractivity contribution is 4.83. The number of nitrogens with one attached hydrogen (secondary N) is 1. The minimum atomic E-state index is 0.300. The van der Waals surface area contributed by atoms with Crippen LogP contribution in [0, 0.1) is 11.3 Å². The van der Waals surface area contributed by atoms with Crippen LogP contribution in [-0.2, 0) is 6.54 Å². The summed E-state index contributed by atoms with van der Waals surface area (Å²) >= 11 is 0. The molecule has 2 atom stereocenters. The first kappa shape index (κ1) is 11.7. The Hall–Kier alpha value is -1.34. The van der Waals surface area contributed by atoms with Crippen LogP contribution < -0.4 is 5.32 Å². The van der Waals surface area contributed by atoms with Crippen molar-refractivity contribution in [2.24, 2.45) is 0 Å². The van der Waals surface area contributed by atoms with E-state index < -0.39 is 0 Å². The van der Waals surface area contributed by atoms with Crippen molar-refractivity contribution in [3.63, 3.8) is 0 Å². The highest BCUT2D eigenvalue weighted by atomic mass is 15.1. The first-order valence-corrected chi connectivity index (χ1v) is 5.35. The Bertz CT molecular complexity index is 299. The smallest absolute Gasteiger partial charge is 0.0946 e. The number of nitriles is 1. The van der Waals surface area contributed by atoms with Gasteiger partial charge in [0, 0.05) is 31.0 Å². The van der Waals surface area contributed by atoms with Crippen LogP contribution >= 0.6 is 0 Å². The molecule has 4 heteroatoms. The number of nitrogens with zero attached hydrogens (tertiary/aromatic N) is 3. The topological polar surface area (TPSA) is 53.6 Å². The summed E-state index contributed by atoms with van der Waals surface area (Å²) in [5.74, 6) is 0. The summed E-state index contributed by atoms with van der Waals surface area (Å²) in [5, 5.41) is 12.1. The highest BCUT2D eigenvalue weighted by Gasteiger charge is 2.09. The monoisotopic (exact) mass is 206 g/mol. The van der Waals surface area contributed by atoms with Gasteiger partial charge in [-0.2, -0.15) is 5.26 Å². The van der Waals surface area contributed by atoms with Gasteiger partial charge in [-0.3, -0.25) is 0 Å². The Morgan fingerprint density at radius 1 is 1.60 bits per heavy atom. The van der Waals surface area contributed by atoms with Crippen molar-refractivity contribution in [2.45, 2.75) is 45.3 Å². The lowest BCUT2D eigenvalue weighted by Crippen LogP contribution is -2.38. The molecule has 0 aliphatic heterocycles. The van der Waals surface area contributed by atoms with E-state index in [1.54, 1.807) is 6.20 Å². The zero-order valence-corrected chi connectivity index (χ0v) is 9.35. The van der Waals surface area contributed by atoms with E-state index in [0.717, 1.165) is 13.0 Å². The normalized spacial score (nSPS) is 14.5. The summed E-state index contributed by atoms with van der Waals surface area (Å²) in [6.07, 6.45) is 7.10. The van der Waals surface area contributed by atoms with E-state index in [-0.39, 0.29) is 0 Å². The van der Waals surface area contributed by atoms with Crippen molar-refractivity contribution in [2.75, 3.05) is 0 Å². The van der Waals surface area contributed by atoms with Crippen LogP contribution in [0.3, 0.4) is 0 Å². The minimum absolute atomic E-state index is 0.300. The van der Waals surface area contributed by atoms with Gasteiger partial charge >= 0.3 is 0 Å². The first-order chi connectivity index (χ1) is 7.26. The van der Waals surface area contributed by atoms with E-state index in [1.807, 2.05) is 17.1 Å². The Balaban J connectivity index is 2.34. The molecule has 1 heterocycles. The Labute approximate surface area is 90.9 Å². The molecule has 1 aromatic heterocycles. The van der Waals surface area contributed by atoms with E-state index in [9.17, 15) is 0 Å². The van der Waals surface area contributed by atoms with Gasteiger partial charge in [-0.05, 0) is 13.3 Å². The van der Waals surface area contributed by atoms with Crippen molar-refractivity contribution in [1.82, 2.24) is 14.9 Å². The van der Waals surface area contributed by atoms with Crippen molar-refractivity contribution in [3.8, 4) is 6.07 Å². The number of rotatable bonds is 6. The number of aromatic nitrogens is 2. The van der Waals surface area contributed by atoms with Crippen LogP contribution in [0.15, 0.2) is 18.7 Å². The fraction of sp³-hybridized carbons (Fsp3) is 0.636. The predicted molar refractivity (Wildman–Crippen MR) is 59.1 cm³/mol. The first-order valence-electron chi connectivity index (χ1n) is 5.35.